The molecule has 1 atom stereocenters. The number of rotatable bonds is 4. The van der Waals surface area contributed by atoms with Gasteiger partial charge in [0.15, 0.2) is 11.6 Å². The first-order valence-electron chi connectivity index (χ1n) is 5.60. The molecule has 4 nitrogen and oxygen atoms in total. The highest BCUT2D eigenvalue weighted by Gasteiger charge is 2.19. The monoisotopic (exact) mass is 286 g/mol. The van der Waals surface area contributed by atoms with Gasteiger partial charge in [-0.05, 0) is 24.1 Å². The molecule has 102 valence electrons. The van der Waals surface area contributed by atoms with E-state index in [1.807, 2.05) is 0 Å². The Balaban J connectivity index is 2.26. The summed E-state index contributed by atoms with van der Waals surface area (Å²) in [4.78, 5) is 0. The topological polar surface area (TPSA) is 55.9 Å². The quantitative estimate of drug-likeness (QED) is 0.668. The van der Waals surface area contributed by atoms with Crippen LogP contribution in [0.1, 0.15) is 17.3 Å². The molecule has 0 fully saturated rings. The number of nitrogens with one attached hydrogen (secondary N) is 1. The van der Waals surface area contributed by atoms with E-state index in [4.69, 9.17) is 17.4 Å². The van der Waals surface area contributed by atoms with Gasteiger partial charge < -0.3 is 0 Å². The molecule has 3 N–H and O–H groups in total. The van der Waals surface area contributed by atoms with E-state index in [1.165, 1.54) is 12.3 Å². The predicted octanol–water partition coefficient (Wildman–Crippen LogP) is 2.10. The summed E-state index contributed by atoms with van der Waals surface area (Å²) in [6, 6.07) is 3.39. The Morgan fingerprint density at radius 1 is 1.42 bits per heavy atom. The van der Waals surface area contributed by atoms with Crippen molar-refractivity contribution in [3.8, 4) is 0 Å². The van der Waals surface area contributed by atoms with Crippen molar-refractivity contribution in [2.24, 2.45) is 12.9 Å². The summed E-state index contributed by atoms with van der Waals surface area (Å²) in [6.07, 6.45) is 1.87. The number of hydrogen-bond acceptors (Lipinski definition) is 3. The van der Waals surface area contributed by atoms with Crippen LogP contribution in [0.2, 0.25) is 5.02 Å². The van der Waals surface area contributed by atoms with Crippen molar-refractivity contribution < 1.29 is 8.78 Å². The maximum atomic E-state index is 13.2. The fourth-order valence-corrected chi connectivity index (χ4v) is 2.25. The number of hydrazine groups is 1. The molecular formula is C12H13ClF2N4. The molecule has 0 amide bonds. The maximum absolute atomic E-state index is 13.2. The molecule has 0 aliphatic heterocycles. The van der Waals surface area contributed by atoms with Crippen molar-refractivity contribution in [3.05, 3.63) is 52.3 Å². The third kappa shape index (κ3) is 2.91. The summed E-state index contributed by atoms with van der Waals surface area (Å²) < 4.78 is 27.6. The average Bonchev–Trinajstić information content (AvgIpc) is 2.71. The van der Waals surface area contributed by atoms with Crippen LogP contribution in [-0.4, -0.2) is 9.78 Å². The highest BCUT2D eigenvalue weighted by atomic mass is 35.5. The van der Waals surface area contributed by atoms with Crippen LogP contribution in [-0.2, 0) is 13.5 Å². The van der Waals surface area contributed by atoms with Crippen molar-refractivity contribution in [2.45, 2.75) is 12.5 Å². The smallest absolute Gasteiger partial charge is 0.159 e. The minimum absolute atomic E-state index is 0.343. The molecule has 2 aromatic rings. The molecule has 0 saturated heterocycles. The SMILES string of the molecule is Cn1ncc(Cl)c1C(Cc1ccc(F)c(F)c1)NN. The number of aryl methyl sites for hydroxylation is 1. The number of aromatic nitrogens is 2. The lowest BCUT2D eigenvalue weighted by Gasteiger charge is -2.17. The molecular weight excluding hydrogens is 274 g/mol. The van der Waals surface area contributed by atoms with Crippen molar-refractivity contribution in [1.82, 2.24) is 15.2 Å². The van der Waals surface area contributed by atoms with Crippen LogP contribution < -0.4 is 11.3 Å². The summed E-state index contributed by atoms with van der Waals surface area (Å²) in [5.41, 5.74) is 3.91. The van der Waals surface area contributed by atoms with Crippen LogP contribution in [0.15, 0.2) is 24.4 Å². The molecule has 0 aliphatic carbocycles. The molecule has 1 heterocycles. The van der Waals surface area contributed by atoms with Gasteiger partial charge in [-0.25, -0.2) is 8.78 Å². The lowest BCUT2D eigenvalue weighted by molar-refractivity contribution is 0.493. The first-order valence-corrected chi connectivity index (χ1v) is 5.98. The summed E-state index contributed by atoms with van der Waals surface area (Å²) in [5.74, 6) is 3.74. The number of nitrogens with two attached hydrogens (primary N) is 1. The third-order valence-electron chi connectivity index (χ3n) is 2.89. The first-order chi connectivity index (χ1) is 9.02. The van der Waals surface area contributed by atoms with Gasteiger partial charge in [0.05, 0.1) is 23.0 Å². The number of halogens is 3. The van der Waals surface area contributed by atoms with Crippen molar-refractivity contribution in [3.63, 3.8) is 0 Å². The number of hydrogen-bond donors (Lipinski definition) is 2. The average molecular weight is 287 g/mol. The standard InChI is InChI=1S/C12H13ClF2N4/c1-19-12(8(13)6-17-19)11(18-16)5-7-2-3-9(14)10(15)4-7/h2-4,6,11,18H,5,16H2,1H3. The fraction of sp³-hybridized carbons (Fsp3) is 0.250. The van der Waals surface area contributed by atoms with Gasteiger partial charge in [0.25, 0.3) is 0 Å². The predicted molar refractivity (Wildman–Crippen MR) is 68.3 cm³/mol. The van der Waals surface area contributed by atoms with Crippen LogP contribution in [0.25, 0.3) is 0 Å². The van der Waals surface area contributed by atoms with Gasteiger partial charge in [0.1, 0.15) is 0 Å². The Morgan fingerprint density at radius 3 is 2.68 bits per heavy atom. The van der Waals surface area contributed by atoms with Gasteiger partial charge in [-0.3, -0.25) is 16.0 Å². The summed E-state index contributed by atoms with van der Waals surface area (Å²) >= 11 is 6.03. The second-order valence-corrected chi connectivity index (χ2v) is 4.58. The lowest BCUT2D eigenvalue weighted by Crippen LogP contribution is -2.31. The van der Waals surface area contributed by atoms with E-state index < -0.39 is 11.6 Å². The van der Waals surface area contributed by atoms with Crippen LogP contribution >= 0.6 is 11.6 Å². The highest BCUT2D eigenvalue weighted by Crippen LogP contribution is 2.25. The van der Waals surface area contributed by atoms with Crippen molar-refractivity contribution in [2.75, 3.05) is 0 Å². The zero-order valence-electron chi connectivity index (χ0n) is 10.2. The van der Waals surface area contributed by atoms with Gasteiger partial charge in [0.2, 0.25) is 0 Å². The second-order valence-electron chi connectivity index (χ2n) is 4.17. The van der Waals surface area contributed by atoms with E-state index in [0.717, 1.165) is 12.1 Å². The van der Waals surface area contributed by atoms with Gasteiger partial charge in [-0.15, -0.1) is 0 Å². The van der Waals surface area contributed by atoms with Gasteiger partial charge >= 0.3 is 0 Å². The Morgan fingerprint density at radius 2 is 2.16 bits per heavy atom. The van der Waals surface area contributed by atoms with Crippen LogP contribution in [0.4, 0.5) is 8.78 Å². The van der Waals surface area contributed by atoms with E-state index in [1.54, 1.807) is 11.7 Å². The molecule has 1 unspecified atom stereocenters. The summed E-state index contributed by atoms with van der Waals surface area (Å²) in [6.45, 7) is 0. The minimum Gasteiger partial charge on any atom is -0.271 e. The van der Waals surface area contributed by atoms with E-state index in [2.05, 4.69) is 10.5 Å². The molecule has 19 heavy (non-hydrogen) atoms. The molecule has 0 spiro atoms. The molecule has 0 radical (unpaired) electrons. The Bertz CT molecular complexity index is 566. The Hall–Kier alpha value is -1.50. The van der Waals surface area contributed by atoms with E-state index in [9.17, 15) is 8.78 Å². The van der Waals surface area contributed by atoms with Crippen molar-refractivity contribution in [1.29, 1.82) is 0 Å². The van der Waals surface area contributed by atoms with E-state index in [0.29, 0.717) is 22.7 Å². The minimum atomic E-state index is -0.885. The van der Waals surface area contributed by atoms with Crippen LogP contribution in [0.3, 0.4) is 0 Å². The third-order valence-corrected chi connectivity index (χ3v) is 3.18. The summed E-state index contributed by atoms with van der Waals surface area (Å²) in [5, 5.41) is 4.48. The molecule has 1 aromatic carbocycles. The van der Waals surface area contributed by atoms with E-state index >= 15 is 0 Å². The number of nitrogens with zero attached hydrogens (tertiary/aromatic N) is 2. The molecule has 2 rings (SSSR count). The van der Waals surface area contributed by atoms with Gasteiger partial charge in [0, 0.05) is 7.05 Å². The zero-order valence-corrected chi connectivity index (χ0v) is 11.0. The van der Waals surface area contributed by atoms with E-state index in [-0.39, 0.29) is 6.04 Å². The first kappa shape index (κ1) is 13.9. The lowest BCUT2D eigenvalue weighted by atomic mass is 10.0. The zero-order chi connectivity index (χ0) is 14.0. The molecule has 7 heteroatoms. The molecule has 1 aromatic heterocycles. The Labute approximate surface area is 114 Å². The largest absolute Gasteiger partial charge is 0.271 e. The number of benzene rings is 1. The van der Waals surface area contributed by atoms with Crippen LogP contribution in [0.5, 0.6) is 0 Å². The molecule has 0 bridgehead atoms. The maximum Gasteiger partial charge on any atom is 0.159 e. The Kier molecular flexibility index (Phi) is 4.14. The normalized spacial score (nSPS) is 12.7. The molecule has 0 aliphatic rings. The van der Waals surface area contributed by atoms with Gasteiger partial charge in [-0.2, -0.15) is 5.10 Å². The molecule has 0 saturated carbocycles. The second kappa shape index (κ2) is 5.64. The van der Waals surface area contributed by atoms with Gasteiger partial charge in [-0.1, -0.05) is 17.7 Å². The fourth-order valence-electron chi connectivity index (χ4n) is 1.95. The summed E-state index contributed by atoms with van der Waals surface area (Å²) in [7, 11) is 1.73. The highest BCUT2D eigenvalue weighted by molar-refractivity contribution is 6.31. The van der Waals surface area contributed by atoms with Crippen LogP contribution in [0, 0.1) is 11.6 Å². The van der Waals surface area contributed by atoms with Crippen molar-refractivity contribution >= 4 is 11.6 Å².